The van der Waals surface area contributed by atoms with Crippen LogP contribution in [0.15, 0.2) is 24.3 Å². The van der Waals surface area contributed by atoms with Crippen LogP contribution in [0.25, 0.3) is 11.1 Å². The van der Waals surface area contributed by atoms with Gasteiger partial charge < -0.3 is 10.5 Å². The monoisotopic (exact) mass is 341 g/mol. The first-order valence-electron chi connectivity index (χ1n) is 9.19. The first-order chi connectivity index (χ1) is 11.9. The van der Waals surface area contributed by atoms with E-state index in [0.29, 0.717) is 11.5 Å². The van der Waals surface area contributed by atoms with Gasteiger partial charge in [0.25, 0.3) is 0 Å². The van der Waals surface area contributed by atoms with E-state index in [2.05, 4.69) is 39.8 Å². The highest BCUT2D eigenvalue weighted by atomic mass is 19.1. The minimum atomic E-state index is -0.186. The van der Waals surface area contributed by atoms with E-state index in [9.17, 15) is 4.39 Å². The zero-order valence-electron chi connectivity index (χ0n) is 15.7. The third-order valence-electron chi connectivity index (χ3n) is 5.12. The molecular weight excluding hydrogens is 313 g/mol. The molecule has 2 aromatic carbocycles. The van der Waals surface area contributed by atoms with E-state index in [4.69, 9.17) is 10.5 Å². The molecule has 0 unspecified atom stereocenters. The number of nitrogens with two attached hydrogens (primary N) is 1. The Bertz CT molecular complexity index is 759. The third kappa shape index (κ3) is 3.57. The van der Waals surface area contributed by atoms with Crippen molar-refractivity contribution >= 4 is 0 Å². The number of hydrogen-bond donors (Lipinski definition) is 1. The Morgan fingerprint density at radius 1 is 1.20 bits per heavy atom. The van der Waals surface area contributed by atoms with Gasteiger partial charge in [-0.3, -0.25) is 0 Å². The van der Waals surface area contributed by atoms with Crippen LogP contribution in [0.1, 0.15) is 55.0 Å². The lowest BCUT2D eigenvalue weighted by atomic mass is 9.90. The number of aryl methyl sites for hydroxylation is 2. The molecule has 0 saturated carbocycles. The normalized spacial score (nSPS) is 16.4. The fourth-order valence-corrected chi connectivity index (χ4v) is 3.83. The highest BCUT2D eigenvalue weighted by Crippen LogP contribution is 2.41. The molecule has 0 fully saturated rings. The zero-order chi connectivity index (χ0) is 18.1. The molecular formula is C22H28FNO. The molecule has 1 aliphatic rings. The second-order valence-electron chi connectivity index (χ2n) is 7.60. The number of halogens is 1. The Morgan fingerprint density at radius 2 is 1.88 bits per heavy atom. The molecule has 0 aromatic heterocycles. The summed E-state index contributed by atoms with van der Waals surface area (Å²) in [6, 6.07) is 7.46. The molecule has 2 aromatic rings. The molecule has 0 amide bonds. The van der Waals surface area contributed by atoms with Crippen molar-refractivity contribution in [2.45, 2.75) is 53.0 Å². The van der Waals surface area contributed by atoms with Crippen molar-refractivity contribution in [3.8, 4) is 16.9 Å². The van der Waals surface area contributed by atoms with Gasteiger partial charge >= 0.3 is 0 Å². The van der Waals surface area contributed by atoms with E-state index >= 15 is 0 Å². The van der Waals surface area contributed by atoms with Gasteiger partial charge in [-0.2, -0.15) is 0 Å². The second kappa shape index (κ2) is 7.17. The van der Waals surface area contributed by atoms with Crippen LogP contribution in [-0.4, -0.2) is 6.61 Å². The van der Waals surface area contributed by atoms with Gasteiger partial charge in [0.05, 0.1) is 6.61 Å². The Morgan fingerprint density at radius 3 is 2.52 bits per heavy atom. The van der Waals surface area contributed by atoms with Crippen LogP contribution < -0.4 is 10.5 Å². The molecule has 0 radical (unpaired) electrons. The summed E-state index contributed by atoms with van der Waals surface area (Å²) >= 11 is 0. The summed E-state index contributed by atoms with van der Waals surface area (Å²) in [6.45, 7) is 9.33. The lowest BCUT2D eigenvalue weighted by Gasteiger charge is -2.17. The van der Waals surface area contributed by atoms with Crippen LogP contribution >= 0.6 is 0 Å². The summed E-state index contributed by atoms with van der Waals surface area (Å²) in [7, 11) is 0. The van der Waals surface area contributed by atoms with E-state index in [1.54, 1.807) is 6.07 Å². The molecule has 0 saturated heterocycles. The van der Waals surface area contributed by atoms with Gasteiger partial charge in [-0.05, 0) is 85.0 Å². The van der Waals surface area contributed by atoms with Gasteiger partial charge in [-0.25, -0.2) is 4.39 Å². The topological polar surface area (TPSA) is 35.2 Å². The maximum absolute atomic E-state index is 14.2. The van der Waals surface area contributed by atoms with Gasteiger partial charge in [0, 0.05) is 11.6 Å². The molecule has 1 aliphatic carbocycles. The zero-order valence-corrected chi connectivity index (χ0v) is 15.7. The average Bonchev–Trinajstić information content (AvgIpc) is 2.91. The molecule has 0 spiro atoms. The van der Waals surface area contributed by atoms with Crippen molar-refractivity contribution in [2.24, 2.45) is 11.7 Å². The van der Waals surface area contributed by atoms with Crippen LogP contribution in [0, 0.1) is 25.6 Å². The van der Waals surface area contributed by atoms with Crippen molar-refractivity contribution in [3.05, 3.63) is 52.3 Å². The molecule has 0 bridgehead atoms. The van der Waals surface area contributed by atoms with E-state index in [1.165, 1.54) is 5.56 Å². The van der Waals surface area contributed by atoms with Crippen molar-refractivity contribution in [1.29, 1.82) is 0 Å². The lowest BCUT2D eigenvalue weighted by molar-refractivity contribution is 0.289. The van der Waals surface area contributed by atoms with Crippen LogP contribution in [0.4, 0.5) is 4.39 Å². The van der Waals surface area contributed by atoms with E-state index in [0.717, 1.165) is 53.9 Å². The smallest absolute Gasteiger partial charge is 0.128 e. The van der Waals surface area contributed by atoms with Gasteiger partial charge in [-0.15, -0.1) is 0 Å². The van der Waals surface area contributed by atoms with Crippen LogP contribution in [0.2, 0.25) is 0 Å². The van der Waals surface area contributed by atoms with E-state index in [-0.39, 0.29) is 11.9 Å². The van der Waals surface area contributed by atoms with Gasteiger partial charge in [0.1, 0.15) is 11.6 Å². The maximum atomic E-state index is 14.2. The summed E-state index contributed by atoms with van der Waals surface area (Å²) in [5, 5.41) is 0. The molecule has 0 heterocycles. The van der Waals surface area contributed by atoms with Gasteiger partial charge in [0.15, 0.2) is 0 Å². The first-order valence-corrected chi connectivity index (χ1v) is 9.19. The molecule has 2 N–H and O–H groups in total. The van der Waals surface area contributed by atoms with Crippen LogP contribution in [-0.2, 0) is 6.42 Å². The quantitative estimate of drug-likeness (QED) is 0.781. The molecule has 2 nitrogen and oxygen atoms in total. The summed E-state index contributed by atoms with van der Waals surface area (Å²) in [5.41, 5.74) is 12.5. The molecule has 25 heavy (non-hydrogen) atoms. The maximum Gasteiger partial charge on any atom is 0.128 e. The average molecular weight is 341 g/mol. The predicted molar refractivity (Wildman–Crippen MR) is 102 cm³/mol. The highest BCUT2D eigenvalue weighted by molar-refractivity contribution is 5.76. The fraction of sp³-hybridized carbons (Fsp3) is 0.455. The van der Waals surface area contributed by atoms with Crippen LogP contribution in [0.3, 0.4) is 0 Å². The number of fused-ring (bicyclic) bond motifs is 1. The van der Waals surface area contributed by atoms with Gasteiger partial charge in [-0.1, -0.05) is 19.9 Å². The largest absolute Gasteiger partial charge is 0.494 e. The Balaban J connectivity index is 1.97. The number of ether oxygens (including phenoxy) is 1. The second-order valence-corrected chi connectivity index (χ2v) is 7.60. The van der Waals surface area contributed by atoms with Crippen LogP contribution in [0.5, 0.6) is 5.75 Å². The number of benzene rings is 2. The minimum absolute atomic E-state index is 0.173. The predicted octanol–water partition coefficient (Wildman–Crippen LogP) is 5.48. The fourth-order valence-electron chi connectivity index (χ4n) is 3.83. The Kier molecular flexibility index (Phi) is 5.14. The van der Waals surface area contributed by atoms with E-state index in [1.807, 2.05) is 6.07 Å². The van der Waals surface area contributed by atoms with Crippen molar-refractivity contribution in [2.75, 3.05) is 6.61 Å². The van der Waals surface area contributed by atoms with E-state index < -0.39 is 0 Å². The number of rotatable bonds is 5. The molecule has 3 heteroatoms. The van der Waals surface area contributed by atoms with Crippen molar-refractivity contribution in [3.63, 3.8) is 0 Å². The van der Waals surface area contributed by atoms with Crippen molar-refractivity contribution in [1.82, 2.24) is 0 Å². The first kappa shape index (κ1) is 17.9. The molecule has 1 atom stereocenters. The summed E-state index contributed by atoms with van der Waals surface area (Å²) in [4.78, 5) is 0. The SMILES string of the molecule is Cc1cc(OCCC(C)C)cc(C)c1-c1ccc(F)c2c1CC[C@H]2N. The minimum Gasteiger partial charge on any atom is -0.494 e. The van der Waals surface area contributed by atoms with Gasteiger partial charge in [0.2, 0.25) is 0 Å². The Hall–Kier alpha value is -1.87. The molecule has 3 rings (SSSR count). The molecule has 0 aliphatic heterocycles. The summed E-state index contributed by atoms with van der Waals surface area (Å²) in [5.74, 6) is 1.37. The lowest BCUT2D eigenvalue weighted by Crippen LogP contribution is -2.08. The highest BCUT2D eigenvalue weighted by Gasteiger charge is 2.26. The summed E-state index contributed by atoms with van der Waals surface area (Å²) < 4.78 is 20.1. The van der Waals surface area contributed by atoms with Crippen molar-refractivity contribution < 1.29 is 9.13 Å². The molecule has 134 valence electrons. The standard InChI is InChI=1S/C22H28FNO/c1-13(2)9-10-25-16-11-14(3)21(15(4)12-16)17-5-7-19(23)22-18(17)6-8-20(22)24/h5,7,11-13,20H,6,8-10,24H2,1-4H3/t20-/m1/s1. The Labute approximate surface area is 150 Å². The third-order valence-corrected chi connectivity index (χ3v) is 5.12. The summed E-state index contributed by atoms with van der Waals surface area (Å²) in [6.07, 6.45) is 2.70. The number of hydrogen-bond acceptors (Lipinski definition) is 2.